The van der Waals surface area contributed by atoms with Crippen molar-refractivity contribution in [1.82, 2.24) is 5.32 Å². The van der Waals surface area contributed by atoms with Gasteiger partial charge in [0.2, 0.25) is 5.91 Å². The molecule has 0 heterocycles. The Kier molecular flexibility index (Phi) is 4.46. The smallest absolute Gasteiger partial charge is 0.279 e. The zero-order valence-corrected chi connectivity index (χ0v) is 10.7. The maximum absolute atomic E-state index is 11.8. The molecular formula is C11H11N3O6. The summed E-state index contributed by atoms with van der Waals surface area (Å²) >= 11 is 0. The third-order valence-corrected chi connectivity index (χ3v) is 2.59. The van der Waals surface area contributed by atoms with Gasteiger partial charge >= 0.3 is 0 Å². The summed E-state index contributed by atoms with van der Waals surface area (Å²) < 4.78 is 0. The summed E-state index contributed by atoms with van der Waals surface area (Å²) in [6.07, 6.45) is 0.0435. The van der Waals surface area contributed by atoms with Crippen LogP contribution in [0.25, 0.3) is 0 Å². The Morgan fingerprint density at radius 3 is 2.25 bits per heavy atom. The molecule has 0 fully saturated rings. The van der Waals surface area contributed by atoms with Crippen LogP contribution in [0.4, 0.5) is 11.4 Å². The molecule has 0 saturated heterocycles. The average Bonchev–Trinajstić information content (AvgIpc) is 2.37. The first kappa shape index (κ1) is 15.2. The van der Waals surface area contributed by atoms with E-state index in [0.29, 0.717) is 0 Å². The van der Waals surface area contributed by atoms with Crippen LogP contribution in [0.2, 0.25) is 0 Å². The number of nitro benzene ring substituents is 2. The van der Waals surface area contributed by atoms with Crippen molar-refractivity contribution < 1.29 is 19.4 Å². The number of non-ortho nitro benzene ring substituents is 1. The van der Waals surface area contributed by atoms with Gasteiger partial charge in [0.25, 0.3) is 17.3 Å². The quantitative estimate of drug-likeness (QED) is 0.656. The molecule has 0 saturated carbocycles. The number of nitro groups is 2. The highest BCUT2D eigenvalue weighted by atomic mass is 16.6. The summed E-state index contributed by atoms with van der Waals surface area (Å²) in [4.78, 5) is 42.8. The van der Waals surface area contributed by atoms with Crippen molar-refractivity contribution in [3.05, 3.63) is 43.5 Å². The van der Waals surface area contributed by atoms with Gasteiger partial charge in [-0.2, -0.15) is 0 Å². The average molecular weight is 281 g/mol. The Labute approximate surface area is 112 Å². The molecule has 0 aliphatic heterocycles. The first-order valence-corrected chi connectivity index (χ1v) is 5.55. The molecular weight excluding hydrogens is 270 g/mol. The van der Waals surface area contributed by atoms with E-state index >= 15 is 0 Å². The second kappa shape index (κ2) is 5.87. The highest BCUT2D eigenvalue weighted by Gasteiger charge is 2.25. The van der Waals surface area contributed by atoms with E-state index in [1.807, 2.05) is 5.32 Å². The molecule has 9 heteroatoms. The fraction of sp³-hybridized carbons (Fsp3) is 0.273. The van der Waals surface area contributed by atoms with Gasteiger partial charge in [0.05, 0.1) is 21.5 Å². The predicted octanol–water partition coefficient (Wildman–Crippen LogP) is 1.48. The third kappa shape index (κ3) is 3.13. The molecule has 0 bridgehead atoms. The molecule has 0 aliphatic rings. The number of amides is 2. The molecule has 20 heavy (non-hydrogen) atoms. The summed E-state index contributed by atoms with van der Waals surface area (Å²) in [6, 6.07) is 1.67. The molecule has 0 aliphatic carbocycles. The lowest BCUT2D eigenvalue weighted by Gasteiger charge is -2.06. The minimum absolute atomic E-state index is 0.0398. The number of hydrogen-bond acceptors (Lipinski definition) is 6. The van der Waals surface area contributed by atoms with Crippen molar-refractivity contribution >= 4 is 23.2 Å². The van der Waals surface area contributed by atoms with Gasteiger partial charge in [-0.05, 0) is 6.92 Å². The van der Waals surface area contributed by atoms with Crippen molar-refractivity contribution in [2.45, 2.75) is 20.3 Å². The number of rotatable bonds is 4. The van der Waals surface area contributed by atoms with E-state index in [2.05, 4.69) is 0 Å². The first-order valence-electron chi connectivity index (χ1n) is 5.55. The molecule has 9 nitrogen and oxygen atoms in total. The number of hydrogen-bond donors (Lipinski definition) is 1. The number of imide groups is 1. The van der Waals surface area contributed by atoms with Crippen LogP contribution in [0.3, 0.4) is 0 Å². The maximum Gasteiger partial charge on any atom is 0.279 e. The fourth-order valence-corrected chi connectivity index (χ4v) is 1.50. The Morgan fingerprint density at radius 1 is 1.20 bits per heavy atom. The SMILES string of the molecule is CCC(=O)NC(=O)c1cc([N+](=O)[O-])cc([N+](=O)[O-])c1C. The zero-order valence-electron chi connectivity index (χ0n) is 10.7. The van der Waals surface area contributed by atoms with E-state index < -0.39 is 33.0 Å². The van der Waals surface area contributed by atoms with E-state index in [-0.39, 0.29) is 17.5 Å². The Bertz CT molecular complexity index is 610. The van der Waals surface area contributed by atoms with Gasteiger partial charge in [-0.1, -0.05) is 6.92 Å². The maximum atomic E-state index is 11.8. The van der Waals surface area contributed by atoms with Crippen LogP contribution >= 0.6 is 0 Å². The Balaban J connectivity index is 3.37. The van der Waals surface area contributed by atoms with Gasteiger partial charge in [0.15, 0.2) is 0 Å². The van der Waals surface area contributed by atoms with Crippen molar-refractivity contribution in [2.75, 3.05) is 0 Å². The minimum atomic E-state index is -0.902. The summed E-state index contributed by atoms with van der Waals surface area (Å²) in [5.74, 6) is -1.48. The molecule has 1 rings (SSSR count). The van der Waals surface area contributed by atoms with Gasteiger partial charge in [0.1, 0.15) is 0 Å². The highest BCUT2D eigenvalue weighted by molar-refractivity contribution is 6.06. The number of carbonyl (C=O) groups excluding carboxylic acids is 2. The summed E-state index contributed by atoms with van der Waals surface area (Å²) in [5, 5.41) is 23.6. The van der Waals surface area contributed by atoms with Crippen molar-refractivity contribution in [1.29, 1.82) is 0 Å². The number of carbonyl (C=O) groups is 2. The van der Waals surface area contributed by atoms with E-state index in [1.165, 1.54) is 13.8 Å². The molecule has 1 aromatic rings. The standard InChI is InChI=1S/C11H11N3O6/c1-3-10(15)12-11(16)8-4-7(13(17)18)5-9(6(8)2)14(19)20/h4-5H,3H2,1-2H3,(H,12,15,16). The van der Waals surface area contributed by atoms with Crippen LogP contribution in [-0.2, 0) is 4.79 Å². The van der Waals surface area contributed by atoms with E-state index in [0.717, 1.165) is 12.1 Å². The highest BCUT2D eigenvalue weighted by Crippen LogP contribution is 2.27. The summed E-state index contributed by atoms with van der Waals surface area (Å²) in [5.41, 5.74) is -1.45. The Hall–Kier alpha value is -2.84. The zero-order chi connectivity index (χ0) is 15.4. The lowest BCUT2D eigenvalue weighted by atomic mass is 10.0. The second-order valence-electron chi connectivity index (χ2n) is 3.88. The molecule has 1 N–H and O–H groups in total. The molecule has 0 atom stereocenters. The number of nitrogens with one attached hydrogen (secondary N) is 1. The van der Waals surface area contributed by atoms with Crippen molar-refractivity contribution in [2.24, 2.45) is 0 Å². The van der Waals surface area contributed by atoms with Crippen LogP contribution in [0, 0.1) is 27.2 Å². The number of benzene rings is 1. The van der Waals surface area contributed by atoms with Gasteiger partial charge in [0, 0.05) is 18.1 Å². The molecule has 0 radical (unpaired) electrons. The molecule has 2 amide bonds. The summed E-state index contributed by atoms with van der Waals surface area (Å²) in [7, 11) is 0. The largest absolute Gasteiger partial charge is 0.292 e. The minimum Gasteiger partial charge on any atom is -0.292 e. The van der Waals surface area contributed by atoms with Crippen LogP contribution in [0.1, 0.15) is 29.3 Å². The van der Waals surface area contributed by atoms with Crippen LogP contribution < -0.4 is 5.32 Å². The predicted molar refractivity (Wildman–Crippen MR) is 67.3 cm³/mol. The monoisotopic (exact) mass is 281 g/mol. The van der Waals surface area contributed by atoms with Crippen LogP contribution in [0.15, 0.2) is 12.1 Å². The topological polar surface area (TPSA) is 132 Å². The van der Waals surface area contributed by atoms with Gasteiger partial charge in [-0.25, -0.2) is 0 Å². The lowest BCUT2D eigenvalue weighted by Crippen LogP contribution is -2.30. The first-order chi connectivity index (χ1) is 9.27. The van der Waals surface area contributed by atoms with Gasteiger partial charge in [-0.15, -0.1) is 0 Å². The second-order valence-corrected chi connectivity index (χ2v) is 3.88. The fourth-order valence-electron chi connectivity index (χ4n) is 1.50. The van der Waals surface area contributed by atoms with Gasteiger partial charge < -0.3 is 0 Å². The summed E-state index contributed by atoms with van der Waals surface area (Å²) in [6.45, 7) is 2.80. The molecule has 0 spiro atoms. The molecule has 106 valence electrons. The normalized spacial score (nSPS) is 9.90. The lowest BCUT2D eigenvalue weighted by molar-refractivity contribution is -0.394. The molecule has 1 aromatic carbocycles. The van der Waals surface area contributed by atoms with Crippen molar-refractivity contribution in [3.63, 3.8) is 0 Å². The Morgan fingerprint density at radius 2 is 1.80 bits per heavy atom. The van der Waals surface area contributed by atoms with Crippen LogP contribution in [0.5, 0.6) is 0 Å². The number of nitrogens with zero attached hydrogens (tertiary/aromatic N) is 2. The molecule has 0 unspecified atom stereocenters. The van der Waals surface area contributed by atoms with Gasteiger partial charge in [-0.3, -0.25) is 35.1 Å². The molecule has 0 aromatic heterocycles. The third-order valence-electron chi connectivity index (χ3n) is 2.59. The van der Waals surface area contributed by atoms with E-state index in [1.54, 1.807) is 0 Å². The van der Waals surface area contributed by atoms with E-state index in [4.69, 9.17) is 0 Å². The van der Waals surface area contributed by atoms with E-state index in [9.17, 15) is 29.8 Å². The van der Waals surface area contributed by atoms with Crippen LogP contribution in [-0.4, -0.2) is 21.7 Å². The van der Waals surface area contributed by atoms with Crippen molar-refractivity contribution in [3.8, 4) is 0 Å².